The molecule has 182 valence electrons. The first kappa shape index (κ1) is 24.2. The van der Waals surface area contributed by atoms with Gasteiger partial charge in [0.2, 0.25) is 15.9 Å². The maximum absolute atomic E-state index is 13.4. The second-order valence-corrected chi connectivity index (χ2v) is 11.0. The van der Waals surface area contributed by atoms with Crippen LogP contribution in [0.4, 0.5) is 5.69 Å². The number of sulfonamides is 1. The van der Waals surface area contributed by atoms with Crippen LogP contribution in [-0.2, 0) is 19.6 Å². The van der Waals surface area contributed by atoms with Gasteiger partial charge in [-0.25, -0.2) is 8.42 Å². The first-order valence-corrected chi connectivity index (χ1v) is 13.1. The quantitative estimate of drug-likeness (QED) is 0.654. The molecule has 2 aromatic carbocycles. The predicted molar refractivity (Wildman–Crippen MR) is 129 cm³/mol. The molecule has 4 rings (SSSR count). The van der Waals surface area contributed by atoms with Crippen LogP contribution in [0.5, 0.6) is 5.75 Å². The molecular weight excluding hydrogens is 454 g/mol. The minimum absolute atomic E-state index is 0.0251. The Morgan fingerprint density at radius 2 is 1.88 bits per heavy atom. The largest absolute Gasteiger partial charge is 0.479 e. The summed E-state index contributed by atoms with van der Waals surface area (Å²) in [6.45, 7) is 6.48. The van der Waals surface area contributed by atoms with Crippen LogP contribution in [-0.4, -0.2) is 50.3 Å². The molecule has 0 saturated carbocycles. The summed E-state index contributed by atoms with van der Waals surface area (Å²) < 4.78 is 33.8. The summed E-state index contributed by atoms with van der Waals surface area (Å²) in [4.78, 5) is 24.7. The van der Waals surface area contributed by atoms with Crippen molar-refractivity contribution in [2.75, 3.05) is 25.0 Å². The topological polar surface area (TPSA) is 105 Å². The lowest BCUT2D eigenvalue weighted by Crippen LogP contribution is -2.43. The standard InChI is InChI=1S/C25H31N3O5S/c1-16-13-21-22(33-18(3)24(29)27-21)14-23(16)34(31,32)28-11-9-20(10-12-28)25(30)26-15-17(2)19-7-5-4-6-8-19/h4-8,13-14,17-18,20H,9-12,15H2,1-3H3,(H,26,30)(H,27,29)/t17-,18-/m1/s1. The Balaban J connectivity index is 1.37. The van der Waals surface area contributed by atoms with Crippen molar-refractivity contribution >= 4 is 27.5 Å². The van der Waals surface area contributed by atoms with Crippen LogP contribution in [0, 0.1) is 12.8 Å². The molecule has 1 fully saturated rings. The third kappa shape index (κ3) is 4.95. The van der Waals surface area contributed by atoms with Gasteiger partial charge in [-0.2, -0.15) is 4.31 Å². The van der Waals surface area contributed by atoms with Crippen LogP contribution in [0.3, 0.4) is 0 Å². The zero-order chi connectivity index (χ0) is 24.5. The van der Waals surface area contributed by atoms with Crippen molar-refractivity contribution in [3.63, 3.8) is 0 Å². The number of piperidine rings is 1. The number of aryl methyl sites for hydroxylation is 1. The van der Waals surface area contributed by atoms with E-state index in [0.717, 1.165) is 0 Å². The third-order valence-corrected chi connectivity index (χ3v) is 8.64. The summed E-state index contributed by atoms with van der Waals surface area (Å²) in [7, 11) is -3.76. The highest BCUT2D eigenvalue weighted by molar-refractivity contribution is 7.89. The number of rotatable bonds is 6. The molecule has 0 unspecified atom stereocenters. The molecule has 2 aliphatic heterocycles. The van der Waals surface area contributed by atoms with Gasteiger partial charge in [0.05, 0.1) is 10.6 Å². The highest BCUT2D eigenvalue weighted by Gasteiger charge is 2.34. The van der Waals surface area contributed by atoms with Gasteiger partial charge in [-0.05, 0) is 49.8 Å². The minimum Gasteiger partial charge on any atom is -0.479 e. The molecule has 9 heteroatoms. The van der Waals surface area contributed by atoms with Crippen molar-refractivity contribution in [1.29, 1.82) is 0 Å². The number of amides is 2. The highest BCUT2D eigenvalue weighted by atomic mass is 32.2. The fraction of sp³-hybridized carbons (Fsp3) is 0.440. The molecule has 0 bridgehead atoms. The molecule has 2 heterocycles. The average Bonchev–Trinajstić information content (AvgIpc) is 2.83. The van der Waals surface area contributed by atoms with Crippen molar-refractivity contribution in [2.24, 2.45) is 5.92 Å². The molecule has 2 atom stereocenters. The van der Waals surface area contributed by atoms with Crippen LogP contribution in [0.15, 0.2) is 47.4 Å². The van der Waals surface area contributed by atoms with Crippen LogP contribution < -0.4 is 15.4 Å². The Morgan fingerprint density at radius 3 is 2.56 bits per heavy atom. The van der Waals surface area contributed by atoms with Gasteiger partial charge >= 0.3 is 0 Å². The molecule has 0 radical (unpaired) electrons. The Bertz CT molecular complexity index is 1170. The van der Waals surface area contributed by atoms with Crippen LogP contribution >= 0.6 is 0 Å². The van der Waals surface area contributed by atoms with E-state index in [1.165, 1.54) is 15.9 Å². The second kappa shape index (κ2) is 9.76. The lowest BCUT2D eigenvalue weighted by Gasteiger charge is -2.32. The molecule has 0 spiro atoms. The molecule has 1 saturated heterocycles. The van der Waals surface area contributed by atoms with Crippen LogP contribution in [0.25, 0.3) is 0 Å². The molecule has 2 aromatic rings. The number of anilines is 1. The lowest BCUT2D eigenvalue weighted by atomic mass is 9.96. The molecule has 2 aliphatic rings. The first-order valence-electron chi connectivity index (χ1n) is 11.6. The number of nitrogens with one attached hydrogen (secondary N) is 2. The van der Waals surface area contributed by atoms with Gasteiger partial charge in [0.1, 0.15) is 5.75 Å². The van der Waals surface area contributed by atoms with E-state index in [4.69, 9.17) is 4.74 Å². The lowest BCUT2D eigenvalue weighted by molar-refractivity contribution is -0.126. The van der Waals surface area contributed by atoms with Crippen molar-refractivity contribution < 1.29 is 22.7 Å². The summed E-state index contributed by atoms with van der Waals surface area (Å²) in [6, 6.07) is 13.1. The summed E-state index contributed by atoms with van der Waals surface area (Å²) in [5.74, 6) is 0.0489. The SMILES string of the molecule is Cc1cc2c(cc1S(=O)(=O)N1CCC(C(=O)NC[C@@H](C)c3ccccc3)CC1)O[C@H](C)C(=O)N2. The summed E-state index contributed by atoms with van der Waals surface area (Å²) >= 11 is 0. The van der Waals surface area contributed by atoms with Gasteiger partial charge in [-0.15, -0.1) is 0 Å². The fourth-order valence-electron chi connectivity index (χ4n) is 4.42. The number of benzene rings is 2. The zero-order valence-electron chi connectivity index (χ0n) is 19.7. The van der Waals surface area contributed by atoms with Gasteiger partial charge in [-0.1, -0.05) is 37.3 Å². The van der Waals surface area contributed by atoms with Crippen molar-refractivity contribution in [3.8, 4) is 5.75 Å². The maximum atomic E-state index is 13.4. The Morgan fingerprint density at radius 1 is 1.21 bits per heavy atom. The first-order chi connectivity index (χ1) is 16.2. The van der Waals surface area contributed by atoms with Gasteiger partial charge < -0.3 is 15.4 Å². The summed E-state index contributed by atoms with van der Waals surface area (Å²) in [6.07, 6.45) is 0.251. The monoisotopic (exact) mass is 485 g/mol. The number of carbonyl (C=O) groups is 2. The van der Waals surface area contributed by atoms with Crippen molar-refractivity contribution in [1.82, 2.24) is 9.62 Å². The van der Waals surface area contributed by atoms with E-state index in [2.05, 4.69) is 17.6 Å². The number of hydrogen-bond acceptors (Lipinski definition) is 5. The fourth-order valence-corrected chi connectivity index (χ4v) is 6.11. The normalized spacial score (nSPS) is 20.1. The third-order valence-electron chi connectivity index (χ3n) is 6.60. The van der Waals surface area contributed by atoms with Gasteiger partial charge in [0, 0.05) is 31.6 Å². The molecule has 2 N–H and O–H groups in total. The van der Waals surface area contributed by atoms with Crippen LogP contribution in [0.2, 0.25) is 0 Å². The average molecular weight is 486 g/mol. The summed E-state index contributed by atoms with van der Waals surface area (Å²) in [5, 5.41) is 5.77. The highest BCUT2D eigenvalue weighted by Crippen LogP contribution is 2.36. The molecule has 8 nitrogen and oxygen atoms in total. The molecule has 0 aliphatic carbocycles. The Labute approximate surface area is 200 Å². The maximum Gasteiger partial charge on any atom is 0.265 e. The Kier molecular flexibility index (Phi) is 6.95. The number of ether oxygens (including phenoxy) is 1. The minimum atomic E-state index is -3.76. The van der Waals surface area contributed by atoms with E-state index in [1.54, 1.807) is 19.9 Å². The number of fused-ring (bicyclic) bond motifs is 1. The van der Waals surface area contributed by atoms with Crippen LogP contribution in [0.1, 0.15) is 43.7 Å². The summed E-state index contributed by atoms with van der Waals surface area (Å²) in [5.41, 5.74) is 2.17. The van der Waals surface area contributed by atoms with E-state index >= 15 is 0 Å². The van der Waals surface area contributed by atoms with Gasteiger partial charge in [-0.3, -0.25) is 9.59 Å². The number of nitrogens with zero attached hydrogens (tertiary/aromatic N) is 1. The number of hydrogen-bond donors (Lipinski definition) is 2. The molecule has 2 amide bonds. The second-order valence-electron chi connectivity index (χ2n) is 9.10. The van der Waals surface area contributed by atoms with E-state index in [0.29, 0.717) is 36.4 Å². The Hall–Kier alpha value is -2.91. The van der Waals surface area contributed by atoms with Gasteiger partial charge in [0.25, 0.3) is 5.91 Å². The van der Waals surface area contributed by atoms with E-state index in [9.17, 15) is 18.0 Å². The molecule has 34 heavy (non-hydrogen) atoms. The zero-order valence-corrected chi connectivity index (χ0v) is 20.5. The number of carbonyl (C=O) groups excluding carboxylic acids is 2. The van der Waals surface area contributed by atoms with E-state index < -0.39 is 16.1 Å². The molecular formula is C25H31N3O5S. The van der Waals surface area contributed by atoms with E-state index in [-0.39, 0.29) is 41.6 Å². The van der Waals surface area contributed by atoms with Gasteiger partial charge in [0.15, 0.2) is 6.10 Å². The van der Waals surface area contributed by atoms with E-state index in [1.807, 2.05) is 30.3 Å². The molecule has 0 aromatic heterocycles. The smallest absolute Gasteiger partial charge is 0.265 e. The van der Waals surface area contributed by atoms with Crippen molar-refractivity contribution in [2.45, 2.75) is 50.5 Å². The van der Waals surface area contributed by atoms with Crippen molar-refractivity contribution in [3.05, 3.63) is 53.6 Å². The predicted octanol–water partition coefficient (Wildman–Crippen LogP) is 3.04.